The maximum absolute atomic E-state index is 13.3. The molecule has 1 atom stereocenters. The quantitative estimate of drug-likeness (QED) is 0.343. The van der Waals surface area contributed by atoms with E-state index in [1.54, 1.807) is 43.5 Å². The van der Waals surface area contributed by atoms with Gasteiger partial charge in [0.25, 0.3) is 11.7 Å². The van der Waals surface area contributed by atoms with Crippen LogP contribution in [0.4, 0.5) is 5.69 Å². The Morgan fingerprint density at radius 1 is 0.879 bits per heavy atom. The largest absolute Gasteiger partial charge is 0.507 e. The van der Waals surface area contributed by atoms with Crippen molar-refractivity contribution in [3.05, 3.63) is 94.6 Å². The lowest BCUT2D eigenvalue weighted by Gasteiger charge is -2.26. The Labute approximate surface area is 192 Å². The van der Waals surface area contributed by atoms with E-state index in [9.17, 15) is 14.7 Å². The highest BCUT2D eigenvalue weighted by molar-refractivity contribution is 6.51. The molecule has 0 spiro atoms. The number of nitrogens with zero attached hydrogens (tertiary/aromatic N) is 1. The number of ketones is 1. The van der Waals surface area contributed by atoms with Crippen LogP contribution in [0.2, 0.25) is 0 Å². The Morgan fingerprint density at radius 2 is 1.61 bits per heavy atom. The summed E-state index contributed by atoms with van der Waals surface area (Å²) < 4.78 is 10.8. The summed E-state index contributed by atoms with van der Waals surface area (Å²) in [5, 5.41) is 11.4. The molecule has 6 heteroatoms. The fourth-order valence-electron chi connectivity index (χ4n) is 4.16. The fraction of sp³-hybridized carbons (Fsp3) is 0.185. The monoisotopic (exact) mass is 443 g/mol. The van der Waals surface area contributed by atoms with Gasteiger partial charge in [-0.2, -0.15) is 0 Å². The number of Topliss-reactive ketones (excluding diaryl/α,β-unsaturated/α-hetero) is 1. The van der Waals surface area contributed by atoms with Crippen molar-refractivity contribution >= 4 is 23.1 Å². The predicted molar refractivity (Wildman–Crippen MR) is 127 cm³/mol. The van der Waals surface area contributed by atoms with E-state index in [1.807, 2.05) is 44.2 Å². The first kappa shape index (κ1) is 22.1. The van der Waals surface area contributed by atoms with Gasteiger partial charge in [0.1, 0.15) is 17.3 Å². The van der Waals surface area contributed by atoms with Gasteiger partial charge in [0.15, 0.2) is 0 Å². The molecule has 3 aromatic carbocycles. The fourth-order valence-corrected chi connectivity index (χ4v) is 4.16. The summed E-state index contributed by atoms with van der Waals surface area (Å²) in [5.41, 5.74) is 3.39. The molecular formula is C27H25NO5. The summed E-state index contributed by atoms with van der Waals surface area (Å²) in [7, 11) is 3.04. The molecule has 1 aliphatic rings. The summed E-state index contributed by atoms with van der Waals surface area (Å²) in [6.45, 7) is 3.79. The third-order valence-corrected chi connectivity index (χ3v) is 5.74. The van der Waals surface area contributed by atoms with Gasteiger partial charge in [0.05, 0.1) is 31.4 Å². The summed E-state index contributed by atoms with van der Waals surface area (Å²) in [5.74, 6) is -0.761. The molecule has 3 aromatic rings. The van der Waals surface area contributed by atoms with Gasteiger partial charge in [0, 0.05) is 5.69 Å². The number of aliphatic hydroxyl groups excluding tert-OH is 1. The molecule has 1 unspecified atom stereocenters. The van der Waals surface area contributed by atoms with Crippen LogP contribution >= 0.6 is 0 Å². The van der Waals surface area contributed by atoms with Gasteiger partial charge in [-0.1, -0.05) is 35.9 Å². The first-order valence-electron chi connectivity index (χ1n) is 10.5. The number of benzene rings is 3. The van der Waals surface area contributed by atoms with E-state index in [0.29, 0.717) is 28.3 Å². The zero-order valence-corrected chi connectivity index (χ0v) is 19.0. The summed E-state index contributed by atoms with van der Waals surface area (Å²) in [4.78, 5) is 28.1. The van der Waals surface area contributed by atoms with Crippen molar-refractivity contribution in [1.29, 1.82) is 0 Å². The average Bonchev–Trinajstić information content (AvgIpc) is 3.09. The number of hydrogen-bond acceptors (Lipinski definition) is 5. The molecule has 0 bridgehead atoms. The van der Waals surface area contributed by atoms with Crippen LogP contribution in [-0.4, -0.2) is 31.0 Å². The zero-order chi connectivity index (χ0) is 23.7. The number of aryl methyl sites for hydroxylation is 2. The summed E-state index contributed by atoms with van der Waals surface area (Å²) >= 11 is 0. The number of carbonyl (C=O) groups is 2. The maximum Gasteiger partial charge on any atom is 0.300 e. The molecule has 0 aliphatic carbocycles. The number of anilines is 1. The third-order valence-electron chi connectivity index (χ3n) is 5.74. The van der Waals surface area contributed by atoms with Gasteiger partial charge >= 0.3 is 0 Å². The summed E-state index contributed by atoms with van der Waals surface area (Å²) in [6, 6.07) is 19.0. The van der Waals surface area contributed by atoms with Gasteiger partial charge in [-0.3, -0.25) is 14.5 Å². The zero-order valence-electron chi connectivity index (χ0n) is 19.0. The van der Waals surface area contributed by atoms with Crippen LogP contribution in [0.25, 0.3) is 5.76 Å². The molecule has 1 N–H and O–H groups in total. The number of ether oxygens (including phenoxy) is 2. The molecule has 6 nitrogen and oxygen atoms in total. The number of aliphatic hydroxyl groups is 1. The van der Waals surface area contributed by atoms with Crippen molar-refractivity contribution in [2.45, 2.75) is 19.9 Å². The number of carbonyl (C=O) groups excluding carboxylic acids is 2. The molecule has 1 aliphatic heterocycles. The normalized spacial score (nSPS) is 17.3. The van der Waals surface area contributed by atoms with E-state index < -0.39 is 17.7 Å². The Morgan fingerprint density at radius 3 is 2.30 bits per heavy atom. The van der Waals surface area contributed by atoms with Crippen molar-refractivity contribution in [2.24, 2.45) is 0 Å². The van der Waals surface area contributed by atoms with Crippen molar-refractivity contribution in [1.82, 2.24) is 0 Å². The highest BCUT2D eigenvalue weighted by Crippen LogP contribution is 2.44. The first-order chi connectivity index (χ1) is 15.8. The highest BCUT2D eigenvalue weighted by Gasteiger charge is 2.47. The number of amides is 1. The van der Waals surface area contributed by atoms with E-state index in [0.717, 1.165) is 11.1 Å². The molecule has 1 heterocycles. The predicted octanol–water partition coefficient (Wildman–Crippen LogP) is 4.95. The topological polar surface area (TPSA) is 76.1 Å². The first-order valence-corrected chi connectivity index (χ1v) is 10.5. The molecule has 1 saturated heterocycles. The van der Waals surface area contributed by atoms with E-state index >= 15 is 0 Å². The second kappa shape index (κ2) is 8.82. The maximum atomic E-state index is 13.3. The van der Waals surface area contributed by atoms with Crippen LogP contribution in [0, 0.1) is 13.8 Å². The minimum atomic E-state index is -0.841. The SMILES string of the molecule is COc1cccc(C2/C(=C(\O)c3cc(C)ccc3OC)C(=O)C(=O)N2c2cccc(C)c2)c1. The molecule has 1 fully saturated rings. The van der Waals surface area contributed by atoms with Gasteiger partial charge in [-0.05, 0) is 61.4 Å². The Bertz CT molecular complexity index is 1280. The standard InChI is InChI=1S/C27H25NO5/c1-16-7-5-9-19(13-16)28-24(18-8-6-10-20(15-18)32-3)23(26(30)27(28)31)25(29)21-14-17(2)11-12-22(21)33-4/h5-15,24,29H,1-4H3/b25-23+. The van der Waals surface area contributed by atoms with E-state index in [2.05, 4.69) is 0 Å². The van der Waals surface area contributed by atoms with Crippen LogP contribution in [0.3, 0.4) is 0 Å². The molecule has 0 radical (unpaired) electrons. The number of hydrogen-bond donors (Lipinski definition) is 1. The molecule has 33 heavy (non-hydrogen) atoms. The lowest BCUT2D eigenvalue weighted by Crippen LogP contribution is -2.29. The molecule has 168 valence electrons. The van der Waals surface area contributed by atoms with Crippen LogP contribution in [0.1, 0.15) is 28.3 Å². The minimum absolute atomic E-state index is 0.00124. The van der Waals surface area contributed by atoms with E-state index in [1.165, 1.54) is 12.0 Å². The third kappa shape index (κ3) is 3.96. The number of rotatable bonds is 5. The van der Waals surface area contributed by atoms with Crippen LogP contribution in [-0.2, 0) is 9.59 Å². The lowest BCUT2D eigenvalue weighted by molar-refractivity contribution is -0.132. The van der Waals surface area contributed by atoms with Crippen LogP contribution < -0.4 is 14.4 Å². The molecule has 0 aromatic heterocycles. The smallest absolute Gasteiger partial charge is 0.300 e. The van der Waals surface area contributed by atoms with E-state index in [-0.39, 0.29) is 11.3 Å². The molecule has 4 rings (SSSR count). The molecule has 0 saturated carbocycles. The molecular weight excluding hydrogens is 418 g/mol. The second-order valence-corrected chi connectivity index (χ2v) is 7.99. The molecule has 1 amide bonds. The average molecular weight is 443 g/mol. The number of methoxy groups -OCH3 is 2. The van der Waals surface area contributed by atoms with Crippen LogP contribution in [0.15, 0.2) is 72.3 Å². The minimum Gasteiger partial charge on any atom is -0.507 e. The lowest BCUT2D eigenvalue weighted by atomic mass is 9.94. The van der Waals surface area contributed by atoms with Gasteiger partial charge in [0.2, 0.25) is 0 Å². The summed E-state index contributed by atoms with van der Waals surface area (Å²) in [6.07, 6.45) is 0. The second-order valence-electron chi connectivity index (χ2n) is 7.99. The van der Waals surface area contributed by atoms with Gasteiger partial charge < -0.3 is 14.6 Å². The van der Waals surface area contributed by atoms with Crippen molar-refractivity contribution in [3.8, 4) is 11.5 Å². The Balaban J connectivity index is 2.00. The van der Waals surface area contributed by atoms with Crippen molar-refractivity contribution in [2.75, 3.05) is 19.1 Å². The van der Waals surface area contributed by atoms with Crippen LogP contribution in [0.5, 0.6) is 11.5 Å². The van der Waals surface area contributed by atoms with Crippen molar-refractivity contribution < 1.29 is 24.2 Å². The highest BCUT2D eigenvalue weighted by atomic mass is 16.5. The van der Waals surface area contributed by atoms with Gasteiger partial charge in [-0.15, -0.1) is 0 Å². The Kier molecular flexibility index (Phi) is 5.92. The Hall–Kier alpha value is -4.06. The van der Waals surface area contributed by atoms with Gasteiger partial charge in [-0.25, -0.2) is 0 Å². The van der Waals surface area contributed by atoms with Crippen molar-refractivity contribution in [3.63, 3.8) is 0 Å². The van der Waals surface area contributed by atoms with E-state index in [4.69, 9.17) is 9.47 Å².